The summed E-state index contributed by atoms with van der Waals surface area (Å²) in [5.41, 5.74) is 5.47. The van der Waals surface area contributed by atoms with E-state index in [1.165, 1.54) is 12.3 Å². The summed E-state index contributed by atoms with van der Waals surface area (Å²) in [7, 11) is 0. The molecule has 0 saturated heterocycles. The number of amides is 1. The summed E-state index contributed by atoms with van der Waals surface area (Å²) < 4.78 is 0. The number of primary amides is 1. The van der Waals surface area contributed by atoms with Gasteiger partial charge in [-0.15, -0.1) is 0 Å². The van der Waals surface area contributed by atoms with Crippen LogP contribution < -0.4 is 11.1 Å². The minimum atomic E-state index is -0.525. The highest BCUT2D eigenvalue weighted by Crippen LogP contribution is 2.21. The Morgan fingerprint density at radius 3 is 2.94 bits per heavy atom. The van der Waals surface area contributed by atoms with Crippen LogP contribution in [0.4, 0.5) is 5.82 Å². The van der Waals surface area contributed by atoms with Crippen LogP contribution in [0.15, 0.2) is 12.3 Å². The molecule has 0 radical (unpaired) electrons. The molecule has 0 aliphatic heterocycles. The Kier molecular flexibility index (Phi) is 6.29. The van der Waals surface area contributed by atoms with E-state index < -0.39 is 5.91 Å². The molecule has 1 atom stereocenters. The zero-order valence-electron chi connectivity index (χ0n) is 10.6. The highest BCUT2D eigenvalue weighted by Gasteiger charge is 2.09. The number of carbonyl (C=O) groups is 1. The largest absolute Gasteiger partial charge is 0.366 e. The maximum absolute atomic E-state index is 11.0. The summed E-state index contributed by atoms with van der Waals surface area (Å²) in [5, 5.41) is 3.64. The van der Waals surface area contributed by atoms with E-state index in [4.69, 9.17) is 17.3 Å². The Balaban J connectivity index is 2.59. The van der Waals surface area contributed by atoms with Gasteiger partial charge in [0.2, 0.25) is 5.91 Å². The van der Waals surface area contributed by atoms with Gasteiger partial charge < -0.3 is 11.1 Å². The first-order valence-corrected chi connectivity index (χ1v) is 7.37. The third kappa shape index (κ3) is 4.74. The van der Waals surface area contributed by atoms with Crippen LogP contribution in [0, 0.1) is 0 Å². The van der Waals surface area contributed by atoms with E-state index >= 15 is 0 Å². The average molecular weight is 288 g/mol. The number of halogens is 1. The van der Waals surface area contributed by atoms with Crippen molar-refractivity contribution in [2.24, 2.45) is 5.73 Å². The fourth-order valence-corrected chi connectivity index (χ4v) is 2.42. The van der Waals surface area contributed by atoms with Crippen LogP contribution >= 0.6 is 23.4 Å². The number of carbonyl (C=O) groups excluding carboxylic acids is 1. The summed E-state index contributed by atoms with van der Waals surface area (Å²) in [6.07, 6.45) is 2.47. The average Bonchev–Trinajstić information content (AvgIpc) is 2.32. The molecule has 0 spiro atoms. The molecule has 0 bridgehead atoms. The fourth-order valence-electron chi connectivity index (χ4n) is 1.39. The molecule has 0 saturated carbocycles. The van der Waals surface area contributed by atoms with Crippen molar-refractivity contribution in [1.82, 2.24) is 4.98 Å². The molecule has 0 aliphatic rings. The van der Waals surface area contributed by atoms with Gasteiger partial charge in [0, 0.05) is 12.2 Å². The van der Waals surface area contributed by atoms with Gasteiger partial charge in [-0.3, -0.25) is 4.79 Å². The van der Waals surface area contributed by atoms with Crippen molar-refractivity contribution in [3.63, 3.8) is 0 Å². The minimum Gasteiger partial charge on any atom is -0.366 e. The van der Waals surface area contributed by atoms with Crippen molar-refractivity contribution >= 4 is 35.1 Å². The lowest BCUT2D eigenvalue weighted by molar-refractivity contribution is 0.1000. The van der Waals surface area contributed by atoms with Crippen LogP contribution in [0.2, 0.25) is 5.02 Å². The second-order valence-corrected chi connectivity index (χ2v) is 5.75. The molecule has 18 heavy (non-hydrogen) atoms. The number of hydrogen-bond donors (Lipinski definition) is 2. The zero-order valence-corrected chi connectivity index (χ0v) is 12.1. The standard InChI is InChI=1S/C12H18ClN3OS/c1-3-18-5-4-8(2)16-12-10(13)6-9(7-15-12)11(14)17/h6-8H,3-5H2,1-2H3,(H2,14,17)(H,15,16)/t8-/m0/s1. The summed E-state index contributed by atoms with van der Waals surface area (Å²) in [4.78, 5) is 15.1. The van der Waals surface area contributed by atoms with Gasteiger partial charge in [0.1, 0.15) is 5.82 Å². The van der Waals surface area contributed by atoms with E-state index in [0.717, 1.165) is 17.9 Å². The van der Waals surface area contributed by atoms with Crippen LogP contribution in [0.1, 0.15) is 30.6 Å². The topological polar surface area (TPSA) is 68.0 Å². The van der Waals surface area contributed by atoms with Gasteiger partial charge in [-0.25, -0.2) is 4.98 Å². The summed E-state index contributed by atoms with van der Waals surface area (Å²) in [6.45, 7) is 4.22. The molecule has 0 unspecified atom stereocenters. The molecular weight excluding hydrogens is 270 g/mol. The smallest absolute Gasteiger partial charge is 0.250 e. The molecule has 4 nitrogen and oxygen atoms in total. The van der Waals surface area contributed by atoms with Crippen molar-refractivity contribution in [3.05, 3.63) is 22.8 Å². The molecule has 100 valence electrons. The van der Waals surface area contributed by atoms with E-state index in [2.05, 4.69) is 24.1 Å². The SMILES string of the molecule is CCSCC[C@H](C)Nc1ncc(C(N)=O)cc1Cl. The van der Waals surface area contributed by atoms with Crippen molar-refractivity contribution in [3.8, 4) is 0 Å². The predicted octanol–water partition coefficient (Wildman–Crippen LogP) is 2.78. The third-order valence-electron chi connectivity index (χ3n) is 2.41. The molecule has 1 heterocycles. The van der Waals surface area contributed by atoms with Gasteiger partial charge in [0.25, 0.3) is 0 Å². The number of nitrogens with zero attached hydrogens (tertiary/aromatic N) is 1. The number of pyridine rings is 1. The van der Waals surface area contributed by atoms with Crippen molar-refractivity contribution in [1.29, 1.82) is 0 Å². The van der Waals surface area contributed by atoms with E-state index in [1.54, 1.807) is 0 Å². The van der Waals surface area contributed by atoms with Crippen LogP contribution in [-0.4, -0.2) is 28.4 Å². The van der Waals surface area contributed by atoms with Gasteiger partial charge in [0.05, 0.1) is 10.6 Å². The molecule has 0 aliphatic carbocycles. The first-order valence-electron chi connectivity index (χ1n) is 5.84. The number of hydrogen-bond acceptors (Lipinski definition) is 4. The zero-order chi connectivity index (χ0) is 13.5. The maximum Gasteiger partial charge on any atom is 0.250 e. The lowest BCUT2D eigenvalue weighted by Gasteiger charge is -2.15. The maximum atomic E-state index is 11.0. The molecule has 0 fully saturated rings. The molecule has 6 heteroatoms. The number of thioether (sulfide) groups is 1. The molecule has 3 N–H and O–H groups in total. The van der Waals surface area contributed by atoms with Crippen LogP contribution in [0.5, 0.6) is 0 Å². The lowest BCUT2D eigenvalue weighted by Crippen LogP contribution is -2.18. The second kappa shape index (κ2) is 7.48. The first kappa shape index (κ1) is 15.1. The van der Waals surface area contributed by atoms with Gasteiger partial charge in [-0.05, 0) is 30.9 Å². The van der Waals surface area contributed by atoms with Gasteiger partial charge in [-0.1, -0.05) is 18.5 Å². The second-order valence-electron chi connectivity index (χ2n) is 3.95. The quantitative estimate of drug-likeness (QED) is 0.757. The van der Waals surface area contributed by atoms with E-state index in [9.17, 15) is 4.79 Å². The highest BCUT2D eigenvalue weighted by atomic mass is 35.5. The van der Waals surface area contributed by atoms with E-state index in [-0.39, 0.29) is 6.04 Å². The number of nitrogens with two attached hydrogens (primary N) is 1. The number of nitrogens with one attached hydrogen (secondary N) is 1. The Morgan fingerprint density at radius 2 is 2.39 bits per heavy atom. The molecule has 1 amide bonds. The Morgan fingerprint density at radius 1 is 1.67 bits per heavy atom. The Hall–Kier alpha value is -0.940. The predicted molar refractivity (Wildman–Crippen MR) is 78.5 cm³/mol. The highest BCUT2D eigenvalue weighted by molar-refractivity contribution is 7.99. The third-order valence-corrected chi connectivity index (χ3v) is 3.63. The lowest BCUT2D eigenvalue weighted by atomic mass is 10.2. The summed E-state index contributed by atoms with van der Waals surface area (Å²) in [6, 6.07) is 1.82. The first-order chi connectivity index (χ1) is 8.54. The number of rotatable bonds is 7. The Bertz CT molecular complexity index is 414. The summed E-state index contributed by atoms with van der Waals surface area (Å²) >= 11 is 7.94. The summed E-state index contributed by atoms with van der Waals surface area (Å²) in [5.74, 6) is 2.29. The van der Waals surface area contributed by atoms with Gasteiger partial charge in [-0.2, -0.15) is 11.8 Å². The fraction of sp³-hybridized carbons (Fsp3) is 0.500. The number of aromatic nitrogens is 1. The number of anilines is 1. The van der Waals surface area contributed by atoms with Crippen molar-refractivity contribution in [2.45, 2.75) is 26.3 Å². The molecule has 1 rings (SSSR count). The molecule has 0 aromatic carbocycles. The normalized spacial score (nSPS) is 12.2. The van der Waals surface area contributed by atoms with Crippen molar-refractivity contribution < 1.29 is 4.79 Å². The van der Waals surface area contributed by atoms with E-state index in [0.29, 0.717) is 16.4 Å². The van der Waals surface area contributed by atoms with Crippen LogP contribution in [-0.2, 0) is 0 Å². The van der Waals surface area contributed by atoms with Gasteiger partial charge in [0.15, 0.2) is 0 Å². The minimum absolute atomic E-state index is 0.286. The Labute approximate surface area is 117 Å². The van der Waals surface area contributed by atoms with Gasteiger partial charge >= 0.3 is 0 Å². The molecular formula is C12H18ClN3OS. The van der Waals surface area contributed by atoms with Crippen LogP contribution in [0.25, 0.3) is 0 Å². The molecule has 1 aromatic rings. The van der Waals surface area contributed by atoms with Crippen LogP contribution in [0.3, 0.4) is 0 Å². The van der Waals surface area contributed by atoms with E-state index in [1.807, 2.05) is 11.8 Å². The van der Waals surface area contributed by atoms with Crippen molar-refractivity contribution in [2.75, 3.05) is 16.8 Å². The monoisotopic (exact) mass is 287 g/mol. The molecule has 1 aromatic heterocycles.